The Kier molecular flexibility index (Phi) is 2.24. The Hall–Kier alpha value is -1.06. The van der Waals surface area contributed by atoms with Gasteiger partial charge in [-0.3, -0.25) is 4.68 Å². The molecule has 2 aromatic rings. The van der Waals surface area contributed by atoms with Crippen LogP contribution in [0.4, 0.5) is 0 Å². The van der Waals surface area contributed by atoms with Crippen LogP contribution in [0.25, 0.3) is 10.9 Å². The molecule has 15 heavy (non-hydrogen) atoms. The molecule has 1 aromatic heterocycles. The number of nitrogens with zero attached hydrogens (tertiary/aromatic N) is 2. The van der Waals surface area contributed by atoms with Gasteiger partial charge in [0.1, 0.15) is 0 Å². The summed E-state index contributed by atoms with van der Waals surface area (Å²) < 4.78 is 1.77. The maximum atomic E-state index is 6.03. The summed E-state index contributed by atoms with van der Waals surface area (Å²) in [6.07, 6.45) is 0. The van der Waals surface area contributed by atoms with Crippen LogP contribution in [0.3, 0.4) is 0 Å². The largest absolute Gasteiger partial charge is 0.322 e. The molecule has 2 N–H and O–H groups in total. The number of rotatable bonds is 1. The third kappa shape index (κ3) is 1.73. The summed E-state index contributed by atoms with van der Waals surface area (Å²) in [7, 11) is 1.88. The Labute approximate surface area is 93.8 Å². The lowest BCUT2D eigenvalue weighted by Crippen LogP contribution is -2.28. The SMILES string of the molecule is Cn1nc(Cl)c2cc(C(C)(C)N)ccc21. The van der Waals surface area contributed by atoms with E-state index in [-0.39, 0.29) is 5.54 Å². The van der Waals surface area contributed by atoms with Crippen molar-refractivity contribution >= 4 is 22.5 Å². The molecule has 1 heterocycles. The van der Waals surface area contributed by atoms with Gasteiger partial charge in [0.15, 0.2) is 5.15 Å². The average Bonchev–Trinajstić information content (AvgIpc) is 2.41. The van der Waals surface area contributed by atoms with Crippen LogP contribution in [0.5, 0.6) is 0 Å². The van der Waals surface area contributed by atoms with Crippen molar-refractivity contribution in [2.24, 2.45) is 12.8 Å². The lowest BCUT2D eigenvalue weighted by atomic mass is 9.95. The van der Waals surface area contributed by atoms with Gasteiger partial charge < -0.3 is 5.73 Å². The van der Waals surface area contributed by atoms with Crippen molar-refractivity contribution in [1.82, 2.24) is 9.78 Å². The van der Waals surface area contributed by atoms with Crippen molar-refractivity contribution in [3.05, 3.63) is 28.9 Å². The highest BCUT2D eigenvalue weighted by atomic mass is 35.5. The molecule has 0 bridgehead atoms. The summed E-state index contributed by atoms with van der Waals surface area (Å²) in [5.74, 6) is 0. The molecule has 0 amide bonds. The number of aromatic nitrogens is 2. The number of nitrogens with two attached hydrogens (primary N) is 1. The van der Waals surface area contributed by atoms with Gasteiger partial charge in [0.05, 0.1) is 5.52 Å². The molecule has 80 valence electrons. The highest BCUT2D eigenvalue weighted by Gasteiger charge is 2.16. The van der Waals surface area contributed by atoms with Crippen LogP contribution >= 0.6 is 11.6 Å². The minimum atomic E-state index is -0.354. The predicted molar refractivity (Wildman–Crippen MR) is 62.9 cm³/mol. The maximum Gasteiger partial charge on any atom is 0.158 e. The lowest BCUT2D eigenvalue weighted by Gasteiger charge is -2.19. The second-order valence-corrected chi connectivity index (χ2v) is 4.73. The number of hydrogen-bond donors (Lipinski definition) is 1. The Morgan fingerprint density at radius 2 is 2.07 bits per heavy atom. The molecular weight excluding hydrogens is 210 g/mol. The van der Waals surface area contributed by atoms with Gasteiger partial charge in [-0.15, -0.1) is 0 Å². The van der Waals surface area contributed by atoms with Crippen molar-refractivity contribution < 1.29 is 0 Å². The minimum absolute atomic E-state index is 0.354. The summed E-state index contributed by atoms with van der Waals surface area (Å²) >= 11 is 6.03. The van der Waals surface area contributed by atoms with Crippen molar-refractivity contribution in [3.63, 3.8) is 0 Å². The molecule has 0 fully saturated rings. The zero-order valence-corrected chi connectivity index (χ0v) is 9.84. The fourth-order valence-corrected chi connectivity index (χ4v) is 1.89. The second kappa shape index (κ2) is 3.22. The summed E-state index contributed by atoms with van der Waals surface area (Å²) in [6, 6.07) is 6.02. The van der Waals surface area contributed by atoms with Gasteiger partial charge in [-0.05, 0) is 31.5 Å². The van der Waals surface area contributed by atoms with Crippen LogP contribution in [0, 0.1) is 0 Å². The first kappa shape index (κ1) is 10.5. The molecule has 0 radical (unpaired) electrons. The van der Waals surface area contributed by atoms with Crippen molar-refractivity contribution in [2.75, 3.05) is 0 Å². The van der Waals surface area contributed by atoms with Crippen LogP contribution in [0.1, 0.15) is 19.4 Å². The first-order valence-electron chi connectivity index (χ1n) is 4.81. The maximum absolute atomic E-state index is 6.03. The number of aryl methyl sites for hydroxylation is 1. The quantitative estimate of drug-likeness (QED) is 0.807. The molecule has 2 rings (SSSR count). The summed E-state index contributed by atoms with van der Waals surface area (Å²) in [4.78, 5) is 0. The first-order valence-corrected chi connectivity index (χ1v) is 5.19. The van der Waals surface area contributed by atoms with E-state index in [0.717, 1.165) is 16.5 Å². The Morgan fingerprint density at radius 1 is 1.40 bits per heavy atom. The molecule has 0 aliphatic carbocycles. The van der Waals surface area contributed by atoms with Crippen molar-refractivity contribution in [3.8, 4) is 0 Å². The smallest absolute Gasteiger partial charge is 0.158 e. The van der Waals surface area contributed by atoms with Gasteiger partial charge in [-0.25, -0.2) is 0 Å². The van der Waals surface area contributed by atoms with Gasteiger partial charge in [0.2, 0.25) is 0 Å². The van der Waals surface area contributed by atoms with Crippen LogP contribution in [0.15, 0.2) is 18.2 Å². The third-order valence-corrected chi connectivity index (χ3v) is 2.83. The third-order valence-electron chi connectivity index (χ3n) is 2.55. The number of benzene rings is 1. The van der Waals surface area contributed by atoms with E-state index in [1.807, 2.05) is 39.1 Å². The zero-order valence-electron chi connectivity index (χ0n) is 9.08. The number of fused-ring (bicyclic) bond motifs is 1. The molecule has 0 aliphatic heterocycles. The average molecular weight is 224 g/mol. The second-order valence-electron chi connectivity index (χ2n) is 4.37. The predicted octanol–water partition coefficient (Wildman–Crippen LogP) is 2.42. The summed E-state index contributed by atoms with van der Waals surface area (Å²) in [5.41, 5.74) is 7.76. The van der Waals surface area contributed by atoms with Crippen molar-refractivity contribution in [1.29, 1.82) is 0 Å². The molecule has 0 spiro atoms. The van der Waals surface area contributed by atoms with E-state index in [2.05, 4.69) is 5.10 Å². The Bertz CT molecular complexity index is 508. The van der Waals surface area contributed by atoms with Gasteiger partial charge >= 0.3 is 0 Å². The van der Waals surface area contributed by atoms with Crippen LogP contribution in [-0.4, -0.2) is 9.78 Å². The van der Waals surface area contributed by atoms with Gasteiger partial charge in [-0.1, -0.05) is 17.7 Å². The molecule has 3 nitrogen and oxygen atoms in total. The molecule has 0 saturated carbocycles. The minimum Gasteiger partial charge on any atom is -0.322 e. The normalized spacial score (nSPS) is 12.3. The highest BCUT2D eigenvalue weighted by molar-refractivity contribution is 6.34. The van der Waals surface area contributed by atoms with Gasteiger partial charge in [-0.2, -0.15) is 5.10 Å². The number of hydrogen-bond acceptors (Lipinski definition) is 2. The molecule has 4 heteroatoms. The van der Waals surface area contributed by atoms with Crippen molar-refractivity contribution in [2.45, 2.75) is 19.4 Å². The van der Waals surface area contributed by atoms with E-state index in [4.69, 9.17) is 17.3 Å². The first-order chi connectivity index (χ1) is 6.89. The molecule has 0 atom stereocenters. The highest BCUT2D eigenvalue weighted by Crippen LogP contribution is 2.26. The van der Waals surface area contributed by atoms with E-state index < -0.39 is 0 Å². The number of halogens is 1. The van der Waals surface area contributed by atoms with Gasteiger partial charge in [0, 0.05) is 18.0 Å². The van der Waals surface area contributed by atoms with E-state index in [0.29, 0.717) is 5.15 Å². The fraction of sp³-hybridized carbons (Fsp3) is 0.364. The fourth-order valence-electron chi connectivity index (χ4n) is 1.62. The van der Waals surface area contributed by atoms with E-state index >= 15 is 0 Å². The summed E-state index contributed by atoms with van der Waals surface area (Å²) in [5, 5.41) is 5.63. The van der Waals surface area contributed by atoms with Crippen LogP contribution in [0.2, 0.25) is 5.15 Å². The zero-order chi connectivity index (χ0) is 11.2. The van der Waals surface area contributed by atoms with E-state index in [1.54, 1.807) is 4.68 Å². The monoisotopic (exact) mass is 223 g/mol. The lowest BCUT2D eigenvalue weighted by molar-refractivity contribution is 0.555. The molecule has 1 aromatic carbocycles. The Balaban J connectivity index is 2.71. The Morgan fingerprint density at radius 3 is 2.67 bits per heavy atom. The van der Waals surface area contributed by atoms with Crippen LogP contribution < -0.4 is 5.73 Å². The van der Waals surface area contributed by atoms with Gasteiger partial charge in [0.25, 0.3) is 0 Å². The molecule has 0 unspecified atom stereocenters. The molecule has 0 saturated heterocycles. The topological polar surface area (TPSA) is 43.8 Å². The standard InChI is InChI=1S/C11H14ClN3/c1-11(2,13)7-4-5-9-8(6-7)10(12)14-15(9)3/h4-6H,13H2,1-3H3. The van der Waals surface area contributed by atoms with E-state index in [9.17, 15) is 0 Å². The molecular formula is C11H14ClN3. The molecule has 0 aliphatic rings. The summed E-state index contributed by atoms with van der Waals surface area (Å²) in [6.45, 7) is 3.94. The van der Waals surface area contributed by atoms with E-state index in [1.165, 1.54) is 0 Å². The van der Waals surface area contributed by atoms with Crippen LogP contribution in [-0.2, 0) is 12.6 Å².